The summed E-state index contributed by atoms with van der Waals surface area (Å²) in [7, 11) is 0. The monoisotopic (exact) mass is 239 g/mol. The summed E-state index contributed by atoms with van der Waals surface area (Å²) in [5.74, 6) is -0.437. The zero-order valence-corrected chi connectivity index (χ0v) is 10.7. The van der Waals surface area contributed by atoms with Crippen LogP contribution in [-0.4, -0.2) is 16.1 Å². The number of carboxylic acid groups (broad SMARTS) is 1. The maximum atomic E-state index is 11.2. The lowest BCUT2D eigenvalue weighted by molar-refractivity contribution is 0.0688. The van der Waals surface area contributed by atoms with E-state index in [-0.39, 0.29) is 5.41 Å². The summed E-state index contributed by atoms with van der Waals surface area (Å²) in [6.07, 6.45) is 3.45. The molecule has 2 rings (SSSR count). The van der Waals surface area contributed by atoms with E-state index in [1.165, 1.54) is 6.42 Å². The van der Waals surface area contributed by atoms with Crippen LogP contribution in [0, 0.1) is 0 Å². The predicted octanol–water partition coefficient (Wildman–Crippen LogP) is 3.41. The molecule has 16 heavy (non-hydrogen) atoms. The summed E-state index contributed by atoms with van der Waals surface area (Å²) in [4.78, 5) is 16.4. The minimum absolute atomic E-state index is 0.0587. The van der Waals surface area contributed by atoms with Crippen molar-refractivity contribution < 1.29 is 9.90 Å². The molecule has 0 saturated heterocycles. The summed E-state index contributed by atoms with van der Waals surface area (Å²) < 4.78 is 0. The highest BCUT2D eigenvalue weighted by atomic mass is 32.1. The third kappa shape index (κ3) is 1.98. The predicted molar refractivity (Wildman–Crippen MR) is 64.4 cm³/mol. The van der Waals surface area contributed by atoms with Gasteiger partial charge in [-0.15, -0.1) is 11.3 Å². The smallest absolute Gasteiger partial charge is 0.355 e. The van der Waals surface area contributed by atoms with Gasteiger partial charge in [0.15, 0.2) is 5.69 Å². The molecule has 0 spiro atoms. The van der Waals surface area contributed by atoms with Gasteiger partial charge in [0.1, 0.15) is 0 Å². The van der Waals surface area contributed by atoms with Gasteiger partial charge in [0.2, 0.25) is 0 Å². The fraction of sp³-hybridized carbons (Fsp3) is 0.667. The molecule has 0 atom stereocenters. The fourth-order valence-electron chi connectivity index (χ4n) is 1.75. The highest BCUT2D eigenvalue weighted by Crippen LogP contribution is 2.42. The van der Waals surface area contributed by atoms with Gasteiger partial charge in [0.05, 0.1) is 5.01 Å². The van der Waals surface area contributed by atoms with Crippen molar-refractivity contribution in [2.24, 2.45) is 0 Å². The van der Waals surface area contributed by atoms with Crippen molar-refractivity contribution in [2.75, 3.05) is 0 Å². The molecule has 1 fully saturated rings. The summed E-state index contributed by atoms with van der Waals surface area (Å²) in [6, 6.07) is 0. The van der Waals surface area contributed by atoms with Gasteiger partial charge in [-0.3, -0.25) is 0 Å². The molecule has 4 heteroatoms. The molecule has 0 bridgehead atoms. The van der Waals surface area contributed by atoms with Crippen molar-refractivity contribution in [3.63, 3.8) is 0 Å². The highest BCUT2D eigenvalue weighted by Gasteiger charge is 2.31. The molecule has 3 nitrogen and oxygen atoms in total. The number of hydrogen-bond acceptors (Lipinski definition) is 3. The minimum atomic E-state index is -0.881. The van der Waals surface area contributed by atoms with Gasteiger partial charge in [0.25, 0.3) is 0 Å². The maximum absolute atomic E-state index is 11.2. The van der Waals surface area contributed by atoms with Gasteiger partial charge >= 0.3 is 5.97 Å². The third-order valence-electron chi connectivity index (χ3n) is 2.97. The van der Waals surface area contributed by atoms with E-state index in [1.807, 2.05) is 0 Å². The Morgan fingerprint density at radius 3 is 2.44 bits per heavy atom. The van der Waals surface area contributed by atoms with Gasteiger partial charge in [0, 0.05) is 10.3 Å². The number of thiazole rings is 1. The van der Waals surface area contributed by atoms with Crippen LogP contribution in [0.4, 0.5) is 0 Å². The van der Waals surface area contributed by atoms with Crippen molar-refractivity contribution in [3.8, 4) is 0 Å². The molecule has 1 heterocycles. The Hall–Kier alpha value is -0.900. The van der Waals surface area contributed by atoms with Crippen LogP contribution < -0.4 is 0 Å². The lowest BCUT2D eigenvalue weighted by Gasteiger charge is -2.24. The van der Waals surface area contributed by atoms with Crippen molar-refractivity contribution in [1.29, 1.82) is 0 Å². The van der Waals surface area contributed by atoms with Gasteiger partial charge in [-0.2, -0.15) is 0 Å². The molecule has 88 valence electrons. The first-order valence-corrected chi connectivity index (χ1v) is 6.45. The molecule has 0 aromatic carbocycles. The molecule has 1 saturated carbocycles. The Kier molecular flexibility index (Phi) is 2.78. The van der Waals surface area contributed by atoms with Crippen molar-refractivity contribution >= 4 is 17.3 Å². The van der Waals surface area contributed by atoms with Crippen LogP contribution in [0.2, 0.25) is 0 Å². The number of rotatable bonds is 2. The van der Waals surface area contributed by atoms with E-state index in [0.29, 0.717) is 11.6 Å². The Morgan fingerprint density at radius 1 is 1.44 bits per heavy atom. The van der Waals surface area contributed by atoms with Gasteiger partial charge in [-0.05, 0) is 18.8 Å². The average molecular weight is 239 g/mol. The lowest BCUT2D eigenvalue weighted by Crippen LogP contribution is -2.12. The molecule has 0 aliphatic heterocycles. The zero-order chi connectivity index (χ0) is 11.9. The summed E-state index contributed by atoms with van der Waals surface area (Å²) in [5, 5.41) is 10.1. The molecular weight excluding hydrogens is 222 g/mol. The number of aromatic nitrogens is 1. The van der Waals surface area contributed by atoms with E-state index in [2.05, 4.69) is 25.8 Å². The molecule has 1 N–H and O–H groups in total. The second-order valence-electron chi connectivity index (χ2n) is 5.41. The van der Waals surface area contributed by atoms with E-state index in [1.54, 1.807) is 11.3 Å². The van der Waals surface area contributed by atoms with Gasteiger partial charge in [-0.25, -0.2) is 9.78 Å². The number of aromatic carboxylic acids is 1. The van der Waals surface area contributed by atoms with Crippen molar-refractivity contribution in [2.45, 2.75) is 51.4 Å². The Morgan fingerprint density at radius 2 is 2.06 bits per heavy atom. The molecule has 1 aliphatic rings. The molecule has 1 aliphatic carbocycles. The molecule has 1 aromatic rings. The number of carboxylic acids is 1. The molecular formula is C12H17NO2S. The lowest BCUT2D eigenvalue weighted by atomic mass is 9.83. The molecule has 0 amide bonds. The Labute approximate surface area is 99.5 Å². The van der Waals surface area contributed by atoms with E-state index >= 15 is 0 Å². The van der Waals surface area contributed by atoms with Crippen LogP contribution in [-0.2, 0) is 5.41 Å². The van der Waals surface area contributed by atoms with Gasteiger partial charge < -0.3 is 5.11 Å². The van der Waals surface area contributed by atoms with E-state index in [9.17, 15) is 4.79 Å². The summed E-state index contributed by atoms with van der Waals surface area (Å²) in [5.41, 5.74) is 0.233. The first-order chi connectivity index (χ1) is 7.39. The molecule has 0 radical (unpaired) electrons. The minimum Gasteiger partial charge on any atom is -0.476 e. The van der Waals surface area contributed by atoms with Crippen LogP contribution in [0.1, 0.15) is 66.3 Å². The number of hydrogen-bond donors (Lipinski definition) is 1. The molecule has 0 unspecified atom stereocenters. The topological polar surface area (TPSA) is 50.2 Å². The summed E-state index contributed by atoms with van der Waals surface area (Å²) in [6.45, 7) is 6.21. The van der Waals surface area contributed by atoms with Crippen LogP contribution in [0.25, 0.3) is 0 Å². The van der Waals surface area contributed by atoms with E-state index in [0.717, 1.165) is 22.7 Å². The normalized spacial score (nSPS) is 17.2. The number of carbonyl (C=O) groups is 1. The first-order valence-electron chi connectivity index (χ1n) is 5.64. The standard InChI is InChI=1S/C12H17NO2S/c1-12(2,3)11-13-8(10(14)15)9(16-11)7-5-4-6-7/h7H,4-6H2,1-3H3,(H,14,15). The number of nitrogens with zero attached hydrogens (tertiary/aromatic N) is 1. The summed E-state index contributed by atoms with van der Waals surface area (Å²) >= 11 is 1.59. The fourth-order valence-corrected chi connectivity index (χ4v) is 3.04. The largest absolute Gasteiger partial charge is 0.476 e. The SMILES string of the molecule is CC(C)(C)c1nc(C(=O)O)c(C2CCC2)s1. The van der Waals surface area contributed by atoms with Crippen LogP contribution in [0.3, 0.4) is 0 Å². The van der Waals surface area contributed by atoms with Crippen molar-refractivity contribution in [3.05, 3.63) is 15.6 Å². The Bertz CT molecular complexity index is 413. The average Bonchev–Trinajstić information content (AvgIpc) is 2.44. The third-order valence-corrected chi connectivity index (χ3v) is 4.62. The van der Waals surface area contributed by atoms with Crippen LogP contribution in [0.5, 0.6) is 0 Å². The van der Waals surface area contributed by atoms with Crippen LogP contribution >= 0.6 is 11.3 Å². The van der Waals surface area contributed by atoms with E-state index < -0.39 is 5.97 Å². The maximum Gasteiger partial charge on any atom is 0.355 e. The Balaban J connectivity index is 2.41. The first kappa shape index (κ1) is 11.6. The van der Waals surface area contributed by atoms with Crippen LogP contribution in [0.15, 0.2) is 0 Å². The highest BCUT2D eigenvalue weighted by molar-refractivity contribution is 7.12. The quantitative estimate of drug-likeness (QED) is 0.860. The molecule has 1 aromatic heterocycles. The van der Waals surface area contributed by atoms with Crippen molar-refractivity contribution in [1.82, 2.24) is 4.98 Å². The second-order valence-corrected chi connectivity index (χ2v) is 6.45. The van der Waals surface area contributed by atoms with E-state index in [4.69, 9.17) is 5.11 Å². The second kappa shape index (κ2) is 3.84. The zero-order valence-electron chi connectivity index (χ0n) is 9.91. The van der Waals surface area contributed by atoms with Gasteiger partial charge in [-0.1, -0.05) is 27.2 Å².